The Labute approximate surface area is 117 Å². The van der Waals surface area contributed by atoms with Crippen LogP contribution in [0.15, 0.2) is 72.8 Å². The maximum Gasteiger partial charge on any atom is 0.204 e. The predicted octanol–water partition coefficient (Wildman–Crippen LogP) is 3.12. The summed E-state index contributed by atoms with van der Waals surface area (Å²) in [4.78, 5) is 17.9. The number of hydrogen-bond acceptors (Lipinski definition) is 3. The number of nitrogens with zero attached hydrogens (tertiary/aromatic N) is 2. The molecule has 0 saturated carbocycles. The third-order valence-electron chi connectivity index (χ3n) is 3.23. The molecule has 0 bridgehead atoms. The van der Waals surface area contributed by atoms with Crippen molar-refractivity contribution >= 4 is 11.4 Å². The highest BCUT2D eigenvalue weighted by Gasteiger charge is 2.16. The number of hydrogen-bond donors (Lipinski definition) is 0. The van der Waals surface area contributed by atoms with Crippen LogP contribution in [-0.2, 0) is 0 Å². The Balaban J connectivity index is 1.95. The van der Waals surface area contributed by atoms with Crippen LogP contribution >= 0.6 is 0 Å². The third kappa shape index (κ3) is 2.38. The molecule has 0 N–H and O–H groups in total. The van der Waals surface area contributed by atoms with E-state index in [4.69, 9.17) is 0 Å². The third-order valence-corrected chi connectivity index (χ3v) is 3.23. The number of aromatic nitrogens is 1. The quantitative estimate of drug-likeness (QED) is 0.779. The molecule has 98 valence electrons. The zero-order valence-electron chi connectivity index (χ0n) is 11.2. The average molecular weight is 262 g/mol. The lowest BCUT2D eigenvalue weighted by molar-refractivity contribution is 0.104. The highest BCUT2D eigenvalue weighted by molar-refractivity contribution is 6.11. The monoisotopic (exact) mass is 262 g/mol. The summed E-state index contributed by atoms with van der Waals surface area (Å²) >= 11 is 0. The molecule has 1 aliphatic carbocycles. The van der Waals surface area contributed by atoms with Gasteiger partial charge in [-0.25, -0.2) is 0 Å². The molecular formula is C17H14N2O. The van der Waals surface area contributed by atoms with Crippen LogP contribution in [0.2, 0.25) is 0 Å². The molecule has 1 aromatic rings. The van der Waals surface area contributed by atoms with Crippen molar-refractivity contribution in [1.29, 1.82) is 0 Å². The van der Waals surface area contributed by atoms with Gasteiger partial charge in [-0.1, -0.05) is 24.3 Å². The summed E-state index contributed by atoms with van der Waals surface area (Å²) in [5.41, 5.74) is 3.53. The molecule has 0 unspecified atom stereocenters. The molecule has 0 radical (unpaired) electrons. The van der Waals surface area contributed by atoms with Gasteiger partial charge < -0.3 is 4.90 Å². The lowest BCUT2D eigenvalue weighted by atomic mass is 9.95. The maximum absolute atomic E-state index is 11.8. The van der Waals surface area contributed by atoms with Crippen molar-refractivity contribution < 1.29 is 4.79 Å². The Hall–Kier alpha value is -2.68. The first-order chi connectivity index (χ1) is 9.74. The fourth-order valence-corrected chi connectivity index (χ4v) is 2.12. The van der Waals surface area contributed by atoms with E-state index in [1.807, 2.05) is 66.9 Å². The zero-order valence-corrected chi connectivity index (χ0v) is 11.2. The van der Waals surface area contributed by atoms with Gasteiger partial charge in [0.2, 0.25) is 5.78 Å². The maximum atomic E-state index is 11.8. The van der Waals surface area contributed by atoms with Gasteiger partial charge >= 0.3 is 0 Å². The summed E-state index contributed by atoms with van der Waals surface area (Å²) in [5.74, 6) is -0.0375. The molecule has 2 heterocycles. The SMILES string of the molecule is CN1C=CC(=C/C=C2\C=CC(=O)c3ncccc32)C=C1. The lowest BCUT2D eigenvalue weighted by Crippen LogP contribution is -2.07. The Morgan fingerprint density at radius 1 is 1.10 bits per heavy atom. The molecular weight excluding hydrogens is 248 g/mol. The number of allylic oxidation sites excluding steroid dienone is 8. The largest absolute Gasteiger partial charge is 0.357 e. The Bertz CT molecular complexity index is 689. The Kier molecular flexibility index (Phi) is 3.17. The molecule has 0 fully saturated rings. The second-order valence-electron chi connectivity index (χ2n) is 4.68. The van der Waals surface area contributed by atoms with Gasteiger partial charge in [0.05, 0.1) is 0 Å². The molecule has 20 heavy (non-hydrogen) atoms. The van der Waals surface area contributed by atoms with Crippen LogP contribution in [0.4, 0.5) is 0 Å². The zero-order chi connectivity index (χ0) is 13.9. The minimum Gasteiger partial charge on any atom is -0.357 e. The molecule has 0 atom stereocenters. The molecule has 0 saturated heterocycles. The van der Waals surface area contributed by atoms with Crippen LogP contribution in [0.5, 0.6) is 0 Å². The number of rotatable bonds is 1. The van der Waals surface area contributed by atoms with Crippen LogP contribution < -0.4 is 0 Å². The van der Waals surface area contributed by atoms with Crippen molar-refractivity contribution in [3.63, 3.8) is 0 Å². The summed E-state index contributed by atoms with van der Waals surface area (Å²) in [5, 5.41) is 0. The van der Waals surface area contributed by atoms with Gasteiger partial charge in [-0.15, -0.1) is 0 Å². The van der Waals surface area contributed by atoms with E-state index in [1.165, 1.54) is 0 Å². The first-order valence-corrected chi connectivity index (χ1v) is 6.42. The number of carbonyl (C=O) groups excluding carboxylic acids is 1. The number of fused-ring (bicyclic) bond motifs is 1. The van der Waals surface area contributed by atoms with Gasteiger partial charge in [0, 0.05) is 31.2 Å². The van der Waals surface area contributed by atoms with Crippen LogP contribution in [0.25, 0.3) is 5.57 Å². The predicted molar refractivity (Wildman–Crippen MR) is 79.8 cm³/mol. The molecule has 2 aliphatic rings. The summed E-state index contributed by atoms with van der Waals surface area (Å²) in [6.07, 6.45) is 17.2. The average Bonchev–Trinajstić information content (AvgIpc) is 2.49. The molecule has 3 nitrogen and oxygen atoms in total. The first-order valence-electron chi connectivity index (χ1n) is 6.42. The van der Waals surface area contributed by atoms with E-state index >= 15 is 0 Å². The van der Waals surface area contributed by atoms with E-state index in [2.05, 4.69) is 4.98 Å². The second kappa shape index (κ2) is 5.13. The van der Waals surface area contributed by atoms with E-state index in [9.17, 15) is 4.79 Å². The summed E-state index contributed by atoms with van der Waals surface area (Å²) in [6, 6.07) is 3.77. The standard InChI is InChI=1S/C17H14N2O/c1-19-11-8-13(9-12-19)4-5-14-6-7-16(20)17-15(14)3-2-10-18-17/h2-12H,1H3/b14-5+. The highest BCUT2D eigenvalue weighted by Crippen LogP contribution is 2.24. The first kappa shape index (κ1) is 12.4. The van der Waals surface area contributed by atoms with Gasteiger partial charge in [-0.05, 0) is 35.4 Å². The van der Waals surface area contributed by atoms with E-state index in [0.29, 0.717) is 5.69 Å². The Morgan fingerprint density at radius 2 is 1.90 bits per heavy atom. The minimum absolute atomic E-state index is 0.0375. The molecule has 0 aromatic carbocycles. The molecule has 1 aliphatic heterocycles. The van der Waals surface area contributed by atoms with Gasteiger partial charge in [0.1, 0.15) is 5.69 Å². The van der Waals surface area contributed by atoms with Crippen LogP contribution in [0, 0.1) is 0 Å². The lowest BCUT2D eigenvalue weighted by Gasteiger charge is -2.12. The summed E-state index contributed by atoms with van der Waals surface area (Å²) in [6.45, 7) is 0. The molecule has 0 amide bonds. The van der Waals surface area contributed by atoms with E-state index in [1.54, 1.807) is 12.3 Å². The van der Waals surface area contributed by atoms with Crippen LogP contribution in [-0.4, -0.2) is 22.7 Å². The molecule has 1 aromatic heterocycles. The topological polar surface area (TPSA) is 33.2 Å². The smallest absolute Gasteiger partial charge is 0.204 e. The van der Waals surface area contributed by atoms with Gasteiger partial charge in [-0.3, -0.25) is 9.78 Å². The minimum atomic E-state index is -0.0375. The summed E-state index contributed by atoms with van der Waals surface area (Å²) in [7, 11) is 1.99. The number of pyridine rings is 1. The molecule has 0 spiro atoms. The Morgan fingerprint density at radius 3 is 2.70 bits per heavy atom. The fraction of sp³-hybridized carbons (Fsp3) is 0.0588. The normalized spacial score (nSPS) is 18.6. The molecule has 3 heteroatoms. The van der Waals surface area contributed by atoms with Crippen molar-refractivity contribution in [2.45, 2.75) is 0 Å². The van der Waals surface area contributed by atoms with E-state index in [-0.39, 0.29) is 5.78 Å². The molecule has 3 rings (SSSR count). The van der Waals surface area contributed by atoms with Gasteiger partial charge in [0.25, 0.3) is 0 Å². The van der Waals surface area contributed by atoms with E-state index in [0.717, 1.165) is 16.7 Å². The van der Waals surface area contributed by atoms with Crippen LogP contribution in [0.1, 0.15) is 16.1 Å². The number of carbonyl (C=O) groups is 1. The van der Waals surface area contributed by atoms with Crippen LogP contribution in [0.3, 0.4) is 0 Å². The van der Waals surface area contributed by atoms with Crippen molar-refractivity contribution in [3.05, 3.63) is 84.0 Å². The number of ketones is 1. The van der Waals surface area contributed by atoms with Crippen molar-refractivity contribution in [1.82, 2.24) is 9.88 Å². The highest BCUT2D eigenvalue weighted by atomic mass is 16.1. The second-order valence-corrected chi connectivity index (χ2v) is 4.68. The van der Waals surface area contributed by atoms with E-state index < -0.39 is 0 Å². The van der Waals surface area contributed by atoms with Crippen molar-refractivity contribution in [2.24, 2.45) is 0 Å². The van der Waals surface area contributed by atoms with Gasteiger partial charge in [-0.2, -0.15) is 0 Å². The van der Waals surface area contributed by atoms with Gasteiger partial charge in [0.15, 0.2) is 0 Å². The van der Waals surface area contributed by atoms with Crippen molar-refractivity contribution in [3.8, 4) is 0 Å². The summed E-state index contributed by atoms with van der Waals surface area (Å²) < 4.78 is 0. The van der Waals surface area contributed by atoms with Crippen molar-refractivity contribution in [2.75, 3.05) is 7.05 Å². The fourth-order valence-electron chi connectivity index (χ4n) is 2.12.